The Hall–Kier alpha value is -5.40. The number of hydrogen-bond donors (Lipinski definition) is 0. The van der Waals surface area contributed by atoms with Crippen molar-refractivity contribution in [1.82, 2.24) is 4.57 Å². The highest BCUT2D eigenvalue weighted by atomic mass is 15.0. The summed E-state index contributed by atoms with van der Waals surface area (Å²) in [5.41, 5.74) is 15.2. The van der Waals surface area contributed by atoms with Crippen molar-refractivity contribution in [2.75, 3.05) is 0 Å². The monoisotopic (exact) mass is 653 g/mol. The SMILES string of the molecule is c1cc(-c2ccc3ccccc3c2)cc(-n2c3ccccc3c3ccc(-c4ccc5c(c4)C4(c6ccccc6-5)C5CC6CC(C5)CC4C6)cc32)c1. The Balaban J connectivity index is 1.03. The first-order valence-electron chi connectivity index (χ1n) is 19.1. The molecule has 4 fully saturated rings. The maximum absolute atomic E-state index is 2.63. The molecule has 0 radical (unpaired) electrons. The number of hydrogen-bond acceptors (Lipinski definition) is 0. The van der Waals surface area contributed by atoms with Crippen molar-refractivity contribution in [3.05, 3.63) is 163 Å². The molecule has 0 unspecified atom stereocenters. The first-order valence-corrected chi connectivity index (χ1v) is 19.1. The molecule has 8 aromatic rings. The van der Waals surface area contributed by atoms with Gasteiger partial charge in [-0.2, -0.15) is 0 Å². The minimum absolute atomic E-state index is 0.178. The lowest BCUT2D eigenvalue weighted by Crippen LogP contribution is -2.55. The molecule has 0 N–H and O–H groups in total. The first kappa shape index (κ1) is 28.3. The van der Waals surface area contributed by atoms with E-state index < -0.39 is 0 Å². The van der Waals surface area contributed by atoms with Gasteiger partial charge < -0.3 is 4.57 Å². The van der Waals surface area contributed by atoms with Gasteiger partial charge in [-0.15, -0.1) is 0 Å². The van der Waals surface area contributed by atoms with Crippen molar-refractivity contribution in [3.8, 4) is 39.1 Å². The minimum atomic E-state index is 0.178. The number of fused-ring (bicyclic) bond motifs is 7. The van der Waals surface area contributed by atoms with Crippen LogP contribution in [0.1, 0.15) is 43.2 Å². The molecule has 1 heterocycles. The summed E-state index contributed by atoms with van der Waals surface area (Å²) in [6, 6.07) is 57.6. The number of benzene rings is 7. The van der Waals surface area contributed by atoms with Gasteiger partial charge in [0.15, 0.2) is 0 Å². The lowest BCUT2D eigenvalue weighted by molar-refractivity contribution is -0.0399. The van der Waals surface area contributed by atoms with Crippen LogP contribution in [0.5, 0.6) is 0 Å². The minimum Gasteiger partial charge on any atom is -0.309 e. The molecule has 4 bridgehead atoms. The molecule has 13 rings (SSSR count). The van der Waals surface area contributed by atoms with Crippen LogP contribution in [0.25, 0.3) is 71.6 Å². The molecule has 5 aliphatic rings. The second-order valence-corrected chi connectivity index (χ2v) is 16.2. The Labute approximate surface area is 299 Å². The summed E-state index contributed by atoms with van der Waals surface area (Å²) in [4.78, 5) is 0. The van der Waals surface area contributed by atoms with Crippen LogP contribution in [-0.4, -0.2) is 4.57 Å². The molecule has 7 aromatic carbocycles. The predicted octanol–water partition coefficient (Wildman–Crippen LogP) is 13.0. The highest BCUT2D eigenvalue weighted by Crippen LogP contribution is 2.69. The van der Waals surface area contributed by atoms with E-state index >= 15 is 0 Å². The third kappa shape index (κ3) is 3.87. The summed E-state index contributed by atoms with van der Waals surface area (Å²) >= 11 is 0. The van der Waals surface area contributed by atoms with Crippen LogP contribution in [0.2, 0.25) is 0 Å². The highest BCUT2D eigenvalue weighted by Gasteiger charge is 2.61. The summed E-state index contributed by atoms with van der Waals surface area (Å²) < 4.78 is 2.49. The number of nitrogens with zero attached hydrogens (tertiary/aromatic N) is 1. The van der Waals surface area contributed by atoms with Crippen LogP contribution in [0.3, 0.4) is 0 Å². The summed E-state index contributed by atoms with van der Waals surface area (Å²) in [6.45, 7) is 0. The van der Waals surface area contributed by atoms with Crippen LogP contribution in [0.15, 0.2) is 152 Å². The van der Waals surface area contributed by atoms with Gasteiger partial charge in [0.05, 0.1) is 11.0 Å². The largest absolute Gasteiger partial charge is 0.309 e. The molecule has 0 saturated heterocycles. The highest BCUT2D eigenvalue weighted by molar-refractivity contribution is 6.10. The zero-order valence-corrected chi connectivity index (χ0v) is 28.7. The van der Waals surface area contributed by atoms with Crippen molar-refractivity contribution in [3.63, 3.8) is 0 Å². The van der Waals surface area contributed by atoms with Gasteiger partial charge in [0.25, 0.3) is 0 Å². The molecule has 5 aliphatic carbocycles. The van der Waals surface area contributed by atoms with Crippen LogP contribution < -0.4 is 0 Å². The van der Waals surface area contributed by atoms with Crippen molar-refractivity contribution in [2.24, 2.45) is 23.7 Å². The van der Waals surface area contributed by atoms with Crippen molar-refractivity contribution >= 4 is 32.6 Å². The van der Waals surface area contributed by atoms with E-state index in [1.54, 1.807) is 11.1 Å². The van der Waals surface area contributed by atoms with Crippen molar-refractivity contribution in [1.29, 1.82) is 0 Å². The molecule has 244 valence electrons. The molecule has 1 spiro atoms. The van der Waals surface area contributed by atoms with E-state index in [9.17, 15) is 0 Å². The van der Waals surface area contributed by atoms with Gasteiger partial charge in [-0.05, 0) is 147 Å². The third-order valence-corrected chi connectivity index (χ3v) is 13.7. The van der Waals surface area contributed by atoms with E-state index in [2.05, 4.69) is 156 Å². The van der Waals surface area contributed by atoms with E-state index in [1.807, 2.05) is 0 Å². The zero-order valence-electron chi connectivity index (χ0n) is 28.7. The Morgan fingerprint density at radius 2 is 1.06 bits per heavy atom. The van der Waals surface area contributed by atoms with Crippen LogP contribution in [-0.2, 0) is 5.41 Å². The molecule has 51 heavy (non-hydrogen) atoms. The quantitative estimate of drug-likeness (QED) is 0.179. The standard InChI is InChI=1S/C50H39N/c1-2-9-34-27-36(17-16-33(34)8-1)35-10-7-11-41(28-35)51-48-15-6-4-13-44(48)45-21-19-38(30-49(45)51)37-18-20-43-42-12-3-5-14-46(42)50(47(43)29-37)39-23-31-22-32(25-39)26-40(50)24-31/h1-21,27-32,39-40H,22-26H2. The maximum Gasteiger partial charge on any atom is 0.0547 e. The molecule has 4 saturated carbocycles. The molecular weight excluding hydrogens is 615 g/mol. The number of para-hydroxylation sites is 1. The second-order valence-electron chi connectivity index (χ2n) is 16.2. The van der Waals surface area contributed by atoms with Gasteiger partial charge in [0.1, 0.15) is 0 Å². The normalized spacial score (nSPS) is 24.2. The summed E-state index contributed by atoms with van der Waals surface area (Å²) in [6.07, 6.45) is 7.13. The Morgan fingerprint density at radius 3 is 1.94 bits per heavy atom. The molecule has 0 aliphatic heterocycles. The average Bonchev–Trinajstić information content (AvgIpc) is 3.66. The molecule has 1 heteroatoms. The van der Waals surface area contributed by atoms with Gasteiger partial charge in [-0.1, -0.05) is 115 Å². The van der Waals surface area contributed by atoms with Gasteiger partial charge in [-0.3, -0.25) is 0 Å². The number of aromatic nitrogens is 1. The van der Waals surface area contributed by atoms with Crippen LogP contribution in [0.4, 0.5) is 0 Å². The smallest absolute Gasteiger partial charge is 0.0547 e. The molecule has 1 nitrogen and oxygen atoms in total. The van der Waals surface area contributed by atoms with E-state index in [0.29, 0.717) is 0 Å². The lowest BCUT2D eigenvalue weighted by Gasteiger charge is -2.61. The third-order valence-electron chi connectivity index (χ3n) is 13.7. The zero-order chi connectivity index (χ0) is 33.3. The molecular formula is C50H39N. The summed E-state index contributed by atoms with van der Waals surface area (Å²) in [5, 5.41) is 5.15. The van der Waals surface area contributed by atoms with Crippen LogP contribution >= 0.6 is 0 Å². The first-order chi connectivity index (χ1) is 25.2. The van der Waals surface area contributed by atoms with E-state index in [0.717, 1.165) is 23.7 Å². The van der Waals surface area contributed by atoms with E-state index in [-0.39, 0.29) is 5.41 Å². The van der Waals surface area contributed by atoms with Gasteiger partial charge in [-0.25, -0.2) is 0 Å². The maximum atomic E-state index is 2.63. The van der Waals surface area contributed by atoms with Crippen LogP contribution in [0, 0.1) is 23.7 Å². The Kier molecular flexibility index (Phi) is 5.73. The number of rotatable bonds is 3. The second kappa shape index (κ2) is 10.3. The Morgan fingerprint density at radius 1 is 0.412 bits per heavy atom. The fourth-order valence-corrected chi connectivity index (χ4v) is 12.0. The van der Waals surface area contributed by atoms with E-state index in [4.69, 9.17) is 0 Å². The molecule has 0 amide bonds. The predicted molar refractivity (Wildman–Crippen MR) is 212 cm³/mol. The van der Waals surface area contributed by atoms with Crippen molar-refractivity contribution in [2.45, 2.75) is 37.5 Å². The summed E-state index contributed by atoms with van der Waals surface area (Å²) in [5.74, 6) is 3.43. The molecule has 1 aromatic heterocycles. The topological polar surface area (TPSA) is 4.93 Å². The lowest BCUT2D eigenvalue weighted by atomic mass is 9.43. The van der Waals surface area contributed by atoms with Gasteiger partial charge in [0.2, 0.25) is 0 Å². The van der Waals surface area contributed by atoms with Crippen molar-refractivity contribution < 1.29 is 0 Å². The fourth-order valence-electron chi connectivity index (χ4n) is 12.0. The summed E-state index contributed by atoms with van der Waals surface area (Å²) in [7, 11) is 0. The molecule has 0 atom stereocenters. The fraction of sp³-hybridized carbons (Fsp3) is 0.200. The Bertz CT molecular complexity index is 2700. The van der Waals surface area contributed by atoms with Gasteiger partial charge >= 0.3 is 0 Å². The van der Waals surface area contributed by atoms with Gasteiger partial charge in [0, 0.05) is 21.9 Å². The van der Waals surface area contributed by atoms with E-state index in [1.165, 1.54) is 104 Å². The average molecular weight is 654 g/mol.